The van der Waals surface area contributed by atoms with Crippen LogP contribution in [0, 0.1) is 19.7 Å². The van der Waals surface area contributed by atoms with E-state index in [4.69, 9.17) is 14.5 Å². The van der Waals surface area contributed by atoms with Crippen molar-refractivity contribution in [2.24, 2.45) is 0 Å². The number of hydrogen-bond donors (Lipinski definition) is 1. The number of fused-ring (bicyclic) bond motifs is 1. The van der Waals surface area contributed by atoms with E-state index in [-0.39, 0.29) is 18.0 Å². The van der Waals surface area contributed by atoms with Crippen LogP contribution in [0.1, 0.15) is 38.8 Å². The van der Waals surface area contributed by atoms with Crippen molar-refractivity contribution in [1.29, 1.82) is 0 Å². The summed E-state index contributed by atoms with van der Waals surface area (Å²) in [6.45, 7) is 16.1. The molecule has 1 atom stereocenters. The highest BCUT2D eigenvalue weighted by Crippen LogP contribution is 2.38. The highest BCUT2D eigenvalue weighted by Gasteiger charge is 2.32. The number of piperazine rings is 1. The maximum absolute atomic E-state index is 15.5. The van der Waals surface area contributed by atoms with Gasteiger partial charge in [-0.05, 0) is 65.3 Å². The number of carbonyl (C=O) groups excluding carboxylic acids is 1. The summed E-state index contributed by atoms with van der Waals surface area (Å²) in [5.74, 6) is 0.452. The van der Waals surface area contributed by atoms with Gasteiger partial charge in [-0.15, -0.1) is 0 Å². The molecule has 0 saturated carbocycles. The van der Waals surface area contributed by atoms with Crippen molar-refractivity contribution < 1.29 is 18.7 Å². The van der Waals surface area contributed by atoms with Crippen molar-refractivity contribution in [2.45, 2.75) is 53.2 Å². The second-order valence-electron chi connectivity index (χ2n) is 11.7. The number of pyridine rings is 2. The summed E-state index contributed by atoms with van der Waals surface area (Å²) in [6.07, 6.45) is 3.29. The zero-order valence-electron chi connectivity index (χ0n) is 24.3. The van der Waals surface area contributed by atoms with Crippen LogP contribution in [0.15, 0.2) is 30.6 Å². The van der Waals surface area contributed by atoms with Crippen LogP contribution < -0.4 is 15.1 Å². The van der Waals surface area contributed by atoms with Crippen molar-refractivity contribution in [3.05, 3.63) is 47.5 Å². The summed E-state index contributed by atoms with van der Waals surface area (Å²) in [6, 6.07) is 5.48. The van der Waals surface area contributed by atoms with Crippen LogP contribution in [0.3, 0.4) is 0 Å². The molecule has 5 rings (SSSR count). The summed E-state index contributed by atoms with van der Waals surface area (Å²) < 4.78 is 26.6. The molecular formula is C30H39FN6O3. The van der Waals surface area contributed by atoms with Crippen molar-refractivity contribution in [1.82, 2.24) is 14.9 Å². The van der Waals surface area contributed by atoms with Crippen LogP contribution >= 0.6 is 0 Å². The van der Waals surface area contributed by atoms with Crippen LogP contribution in [-0.2, 0) is 9.47 Å². The average molecular weight is 551 g/mol. The van der Waals surface area contributed by atoms with E-state index in [1.165, 1.54) is 0 Å². The molecule has 2 aliphatic heterocycles. The third-order valence-electron chi connectivity index (χ3n) is 7.32. The molecule has 1 unspecified atom stereocenters. The normalized spacial score (nSPS) is 18.3. The van der Waals surface area contributed by atoms with Crippen molar-refractivity contribution in [3.8, 4) is 0 Å². The molecule has 1 amide bonds. The Labute approximate surface area is 235 Å². The van der Waals surface area contributed by atoms with Gasteiger partial charge < -0.3 is 29.5 Å². The van der Waals surface area contributed by atoms with Crippen LogP contribution in [-0.4, -0.2) is 78.5 Å². The van der Waals surface area contributed by atoms with Gasteiger partial charge in [0.25, 0.3) is 0 Å². The molecule has 4 heterocycles. The molecule has 2 aromatic heterocycles. The smallest absolute Gasteiger partial charge is 0.410 e. The molecule has 2 aliphatic rings. The standard InChI is InChI=1S/C30H39FN6O3/c1-19-13-24(31)26-25(14-19)34-28(37-8-7-36(18-20(37)2)29(38)40-30(4,5)6)21(3)27(26)33-22-15-23(17-32-16-22)35-9-11-39-12-10-35/h13-17,20H,7-12,18H2,1-6H3,(H,33,34). The van der Waals surface area contributed by atoms with Gasteiger partial charge in [0, 0.05) is 44.3 Å². The maximum Gasteiger partial charge on any atom is 0.410 e. The second-order valence-corrected chi connectivity index (χ2v) is 11.7. The molecule has 0 bridgehead atoms. The van der Waals surface area contributed by atoms with Gasteiger partial charge in [-0.3, -0.25) is 4.98 Å². The lowest BCUT2D eigenvalue weighted by molar-refractivity contribution is 0.0218. The molecule has 9 nitrogen and oxygen atoms in total. The number of nitrogens with one attached hydrogen (secondary N) is 1. The number of hydrogen-bond acceptors (Lipinski definition) is 8. The lowest BCUT2D eigenvalue weighted by Crippen LogP contribution is -2.55. The number of ether oxygens (including phenoxy) is 2. The minimum Gasteiger partial charge on any atom is -0.444 e. The van der Waals surface area contributed by atoms with Crippen LogP contribution in [0.5, 0.6) is 0 Å². The first-order chi connectivity index (χ1) is 19.0. The number of aromatic nitrogens is 2. The Morgan fingerprint density at radius 3 is 2.55 bits per heavy atom. The lowest BCUT2D eigenvalue weighted by Gasteiger charge is -2.41. The first-order valence-corrected chi connectivity index (χ1v) is 13.9. The Morgan fingerprint density at radius 1 is 1.10 bits per heavy atom. The van der Waals surface area contributed by atoms with E-state index in [9.17, 15) is 4.79 Å². The van der Waals surface area contributed by atoms with Gasteiger partial charge in [-0.2, -0.15) is 0 Å². The summed E-state index contributed by atoms with van der Waals surface area (Å²) in [5, 5.41) is 3.94. The van der Waals surface area contributed by atoms with E-state index < -0.39 is 5.60 Å². The molecule has 2 fully saturated rings. The van der Waals surface area contributed by atoms with E-state index in [1.54, 1.807) is 17.2 Å². The summed E-state index contributed by atoms with van der Waals surface area (Å²) in [4.78, 5) is 28.3. The Balaban J connectivity index is 1.49. The number of benzene rings is 1. The largest absolute Gasteiger partial charge is 0.444 e. The Morgan fingerprint density at radius 2 is 1.85 bits per heavy atom. The molecule has 3 aromatic rings. The molecule has 0 radical (unpaired) electrons. The fraction of sp³-hybridized carbons (Fsp3) is 0.500. The van der Waals surface area contributed by atoms with Crippen molar-refractivity contribution >= 4 is 39.9 Å². The monoisotopic (exact) mass is 550 g/mol. The van der Waals surface area contributed by atoms with Gasteiger partial charge in [0.1, 0.15) is 17.2 Å². The molecule has 10 heteroatoms. The number of amides is 1. The predicted octanol–water partition coefficient (Wildman–Crippen LogP) is 5.41. The van der Waals surface area contributed by atoms with Crippen LogP contribution in [0.2, 0.25) is 0 Å². The fourth-order valence-electron chi connectivity index (χ4n) is 5.39. The zero-order valence-corrected chi connectivity index (χ0v) is 24.3. The number of morpholine rings is 1. The average Bonchev–Trinajstić information content (AvgIpc) is 2.90. The minimum atomic E-state index is -0.551. The van der Waals surface area contributed by atoms with E-state index in [0.29, 0.717) is 49.4 Å². The molecule has 214 valence electrons. The maximum atomic E-state index is 15.5. The van der Waals surface area contributed by atoms with E-state index in [2.05, 4.69) is 27.0 Å². The predicted molar refractivity (Wildman–Crippen MR) is 156 cm³/mol. The molecular weight excluding hydrogens is 511 g/mol. The van der Waals surface area contributed by atoms with Gasteiger partial charge in [0.15, 0.2) is 0 Å². The SMILES string of the molecule is Cc1cc(F)c2c(Nc3cncc(N4CCOCC4)c3)c(C)c(N3CCN(C(=O)OC(C)(C)C)CC3C)nc2c1. The van der Waals surface area contributed by atoms with E-state index >= 15 is 4.39 Å². The van der Waals surface area contributed by atoms with Crippen molar-refractivity contribution in [2.75, 3.05) is 61.1 Å². The number of rotatable bonds is 4. The van der Waals surface area contributed by atoms with Gasteiger partial charge in [0.05, 0.1) is 53.6 Å². The third kappa shape index (κ3) is 5.91. The fourth-order valence-corrected chi connectivity index (χ4v) is 5.39. The minimum absolute atomic E-state index is 0.0151. The summed E-state index contributed by atoms with van der Waals surface area (Å²) in [7, 11) is 0. The van der Waals surface area contributed by atoms with E-state index in [0.717, 1.165) is 41.4 Å². The van der Waals surface area contributed by atoms with Crippen LogP contribution in [0.4, 0.5) is 32.1 Å². The summed E-state index contributed by atoms with van der Waals surface area (Å²) >= 11 is 0. The molecule has 40 heavy (non-hydrogen) atoms. The number of aryl methyl sites for hydroxylation is 1. The molecule has 1 aromatic carbocycles. The van der Waals surface area contributed by atoms with Crippen LogP contribution in [0.25, 0.3) is 10.9 Å². The lowest BCUT2D eigenvalue weighted by atomic mass is 10.0. The molecule has 0 spiro atoms. The van der Waals surface area contributed by atoms with Gasteiger partial charge in [-0.1, -0.05) is 0 Å². The summed E-state index contributed by atoms with van der Waals surface area (Å²) in [5.41, 5.74) is 4.10. The van der Waals surface area contributed by atoms with Gasteiger partial charge in [-0.25, -0.2) is 14.2 Å². The quantitative estimate of drug-likeness (QED) is 0.462. The number of carbonyl (C=O) groups is 1. The molecule has 1 N–H and O–H groups in total. The Bertz CT molecular complexity index is 1400. The molecule has 2 saturated heterocycles. The number of anilines is 4. The first kappa shape index (κ1) is 27.9. The first-order valence-electron chi connectivity index (χ1n) is 13.9. The zero-order chi connectivity index (χ0) is 28.6. The number of nitrogens with zero attached hydrogens (tertiary/aromatic N) is 5. The van der Waals surface area contributed by atoms with Crippen molar-refractivity contribution in [3.63, 3.8) is 0 Å². The molecule has 0 aliphatic carbocycles. The topological polar surface area (TPSA) is 83.1 Å². The highest BCUT2D eigenvalue weighted by atomic mass is 19.1. The highest BCUT2D eigenvalue weighted by molar-refractivity contribution is 5.98. The second kappa shape index (κ2) is 11.1. The Kier molecular flexibility index (Phi) is 7.72. The van der Waals surface area contributed by atoms with E-state index in [1.807, 2.05) is 52.9 Å². The third-order valence-corrected chi connectivity index (χ3v) is 7.32. The van der Waals surface area contributed by atoms with Gasteiger partial charge in [0.2, 0.25) is 0 Å². The Hall–Kier alpha value is -3.66. The van der Waals surface area contributed by atoms with Gasteiger partial charge >= 0.3 is 6.09 Å². The number of halogens is 1.